The molecule has 0 aliphatic heterocycles. The molecule has 0 spiro atoms. The van der Waals surface area contributed by atoms with Crippen molar-refractivity contribution in [2.75, 3.05) is 13.6 Å². The lowest BCUT2D eigenvalue weighted by Crippen LogP contribution is -2.14. The van der Waals surface area contributed by atoms with Crippen molar-refractivity contribution in [3.8, 4) is 0 Å². The number of benzene rings is 2. The molecule has 2 rings (SSSR count). The Bertz CT molecular complexity index is 496. The highest BCUT2D eigenvalue weighted by Gasteiger charge is 2.13. The van der Waals surface area contributed by atoms with Crippen molar-refractivity contribution in [3.05, 3.63) is 69.3 Å². The van der Waals surface area contributed by atoms with E-state index in [1.165, 1.54) is 21.1 Å². The number of rotatable bonds is 6. The van der Waals surface area contributed by atoms with Crippen LogP contribution in [0.15, 0.2) is 54.6 Å². The average molecular weight is 365 g/mol. The minimum atomic E-state index is 0.588. The monoisotopic (exact) mass is 365 g/mol. The lowest BCUT2D eigenvalue weighted by molar-refractivity contribution is 0.592. The van der Waals surface area contributed by atoms with Crippen LogP contribution in [0.5, 0.6) is 0 Å². The van der Waals surface area contributed by atoms with Crippen molar-refractivity contribution < 1.29 is 0 Å². The SMILES string of the molecule is CNCCC(Cc1ccccc1I)c1ccccc1. The van der Waals surface area contributed by atoms with Crippen LogP contribution in [0.25, 0.3) is 0 Å². The summed E-state index contributed by atoms with van der Waals surface area (Å²) in [5.74, 6) is 0.588. The molecule has 2 heteroatoms. The molecule has 1 nitrogen and oxygen atoms in total. The second kappa shape index (κ2) is 7.65. The maximum atomic E-state index is 3.27. The zero-order valence-corrected chi connectivity index (χ0v) is 13.4. The fraction of sp³-hybridized carbons (Fsp3) is 0.294. The highest BCUT2D eigenvalue weighted by Crippen LogP contribution is 2.26. The van der Waals surface area contributed by atoms with Crippen molar-refractivity contribution in [2.24, 2.45) is 0 Å². The van der Waals surface area contributed by atoms with Gasteiger partial charge in [0.1, 0.15) is 0 Å². The summed E-state index contributed by atoms with van der Waals surface area (Å²) in [6.07, 6.45) is 2.29. The minimum Gasteiger partial charge on any atom is -0.320 e. The number of nitrogens with one attached hydrogen (secondary N) is 1. The first-order chi connectivity index (χ1) is 9.31. The summed E-state index contributed by atoms with van der Waals surface area (Å²) in [7, 11) is 2.02. The summed E-state index contributed by atoms with van der Waals surface area (Å²) < 4.78 is 1.37. The van der Waals surface area contributed by atoms with Crippen LogP contribution in [0.3, 0.4) is 0 Å². The van der Waals surface area contributed by atoms with E-state index in [4.69, 9.17) is 0 Å². The van der Waals surface area contributed by atoms with Gasteiger partial charge in [-0.2, -0.15) is 0 Å². The van der Waals surface area contributed by atoms with Gasteiger partial charge in [-0.1, -0.05) is 48.5 Å². The van der Waals surface area contributed by atoms with E-state index in [-0.39, 0.29) is 0 Å². The van der Waals surface area contributed by atoms with Crippen molar-refractivity contribution in [3.63, 3.8) is 0 Å². The lowest BCUT2D eigenvalue weighted by Gasteiger charge is -2.18. The molecule has 1 atom stereocenters. The Hall–Kier alpha value is -0.870. The first-order valence-electron chi connectivity index (χ1n) is 6.74. The van der Waals surface area contributed by atoms with Gasteiger partial charge in [-0.25, -0.2) is 0 Å². The topological polar surface area (TPSA) is 12.0 Å². The van der Waals surface area contributed by atoms with Crippen LogP contribution >= 0.6 is 22.6 Å². The second-order valence-corrected chi connectivity index (χ2v) is 5.96. The zero-order valence-electron chi connectivity index (χ0n) is 11.3. The van der Waals surface area contributed by atoms with Crippen LogP contribution in [-0.2, 0) is 6.42 Å². The molecule has 0 aromatic heterocycles. The lowest BCUT2D eigenvalue weighted by atomic mass is 9.89. The number of hydrogen-bond acceptors (Lipinski definition) is 1. The van der Waals surface area contributed by atoms with Crippen LogP contribution in [0, 0.1) is 3.57 Å². The molecule has 0 aliphatic rings. The maximum Gasteiger partial charge on any atom is 0.0162 e. The van der Waals surface area contributed by atoms with Gasteiger partial charge in [-0.05, 0) is 72.1 Å². The summed E-state index contributed by atoms with van der Waals surface area (Å²) in [6.45, 7) is 1.06. The standard InChI is InChI=1S/C17H20IN/c1-19-12-11-15(14-7-3-2-4-8-14)13-16-9-5-6-10-17(16)18/h2-10,15,19H,11-13H2,1H3. The first-order valence-corrected chi connectivity index (χ1v) is 7.82. The predicted molar refractivity (Wildman–Crippen MR) is 90.6 cm³/mol. The van der Waals surface area contributed by atoms with Gasteiger partial charge >= 0.3 is 0 Å². The van der Waals surface area contributed by atoms with Crippen molar-refractivity contribution in [1.82, 2.24) is 5.32 Å². The van der Waals surface area contributed by atoms with E-state index in [0.29, 0.717) is 5.92 Å². The molecule has 0 heterocycles. The van der Waals surface area contributed by atoms with Gasteiger partial charge in [0, 0.05) is 3.57 Å². The summed E-state index contributed by atoms with van der Waals surface area (Å²) in [5.41, 5.74) is 2.89. The molecule has 2 aromatic rings. The predicted octanol–water partition coefficient (Wildman–Crippen LogP) is 4.23. The Labute approximate surface area is 129 Å². The number of hydrogen-bond donors (Lipinski definition) is 1. The molecule has 19 heavy (non-hydrogen) atoms. The molecule has 1 unspecified atom stereocenters. The van der Waals surface area contributed by atoms with Crippen LogP contribution < -0.4 is 5.32 Å². The Kier molecular flexibility index (Phi) is 5.86. The van der Waals surface area contributed by atoms with Gasteiger partial charge in [0.25, 0.3) is 0 Å². The van der Waals surface area contributed by atoms with E-state index in [9.17, 15) is 0 Å². The largest absolute Gasteiger partial charge is 0.320 e. The van der Waals surface area contributed by atoms with Crippen LogP contribution in [0.4, 0.5) is 0 Å². The van der Waals surface area contributed by atoms with E-state index < -0.39 is 0 Å². The fourth-order valence-electron chi connectivity index (χ4n) is 2.36. The quantitative estimate of drug-likeness (QED) is 0.756. The molecule has 0 bridgehead atoms. The molecule has 0 amide bonds. The minimum absolute atomic E-state index is 0.588. The Morgan fingerprint density at radius 3 is 2.37 bits per heavy atom. The summed E-state index contributed by atoms with van der Waals surface area (Å²) in [5, 5.41) is 3.27. The van der Waals surface area contributed by atoms with E-state index >= 15 is 0 Å². The third-order valence-electron chi connectivity index (χ3n) is 3.44. The smallest absolute Gasteiger partial charge is 0.0162 e. The molecular formula is C17H20IN. The molecule has 0 fully saturated rings. The van der Waals surface area contributed by atoms with Gasteiger partial charge in [0.2, 0.25) is 0 Å². The summed E-state index contributed by atoms with van der Waals surface area (Å²) in [4.78, 5) is 0. The van der Waals surface area contributed by atoms with Crippen LogP contribution in [0.1, 0.15) is 23.5 Å². The average Bonchev–Trinajstić information content (AvgIpc) is 2.46. The van der Waals surface area contributed by atoms with Gasteiger partial charge in [-0.15, -0.1) is 0 Å². The molecule has 1 N–H and O–H groups in total. The van der Waals surface area contributed by atoms with Crippen molar-refractivity contribution in [1.29, 1.82) is 0 Å². The fourth-order valence-corrected chi connectivity index (χ4v) is 2.97. The third-order valence-corrected chi connectivity index (χ3v) is 4.49. The Balaban J connectivity index is 2.17. The Morgan fingerprint density at radius 2 is 1.68 bits per heavy atom. The van der Waals surface area contributed by atoms with Crippen molar-refractivity contribution in [2.45, 2.75) is 18.8 Å². The van der Waals surface area contributed by atoms with E-state index in [1.807, 2.05) is 7.05 Å². The maximum absolute atomic E-state index is 3.27. The van der Waals surface area contributed by atoms with Gasteiger partial charge in [0.05, 0.1) is 0 Å². The van der Waals surface area contributed by atoms with Crippen molar-refractivity contribution >= 4 is 22.6 Å². The zero-order chi connectivity index (χ0) is 13.5. The number of halogens is 1. The van der Waals surface area contributed by atoms with Gasteiger partial charge < -0.3 is 5.32 Å². The first kappa shape index (κ1) is 14.5. The highest BCUT2D eigenvalue weighted by molar-refractivity contribution is 14.1. The highest BCUT2D eigenvalue weighted by atomic mass is 127. The molecule has 2 aromatic carbocycles. The normalized spacial score (nSPS) is 12.3. The summed E-state index contributed by atoms with van der Waals surface area (Å²) in [6, 6.07) is 19.5. The third kappa shape index (κ3) is 4.32. The molecule has 0 radical (unpaired) electrons. The summed E-state index contributed by atoms with van der Waals surface area (Å²) >= 11 is 2.44. The van der Waals surface area contributed by atoms with E-state index in [0.717, 1.165) is 13.0 Å². The Morgan fingerprint density at radius 1 is 1.00 bits per heavy atom. The molecule has 0 saturated carbocycles. The van der Waals surface area contributed by atoms with E-state index in [2.05, 4.69) is 82.5 Å². The van der Waals surface area contributed by atoms with Gasteiger partial charge in [0.15, 0.2) is 0 Å². The van der Waals surface area contributed by atoms with E-state index in [1.54, 1.807) is 0 Å². The van der Waals surface area contributed by atoms with Crippen LogP contribution in [-0.4, -0.2) is 13.6 Å². The molecule has 0 aliphatic carbocycles. The van der Waals surface area contributed by atoms with Crippen LogP contribution in [0.2, 0.25) is 0 Å². The van der Waals surface area contributed by atoms with Gasteiger partial charge in [-0.3, -0.25) is 0 Å². The second-order valence-electron chi connectivity index (χ2n) is 4.80. The molecule has 100 valence electrons. The molecule has 0 saturated heterocycles. The molecular weight excluding hydrogens is 345 g/mol.